The Kier molecular flexibility index (Phi) is 7.06. The number of hydrogen-bond donors (Lipinski definition) is 5. The summed E-state index contributed by atoms with van der Waals surface area (Å²) in [7, 11) is 0. The summed E-state index contributed by atoms with van der Waals surface area (Å²) in [5, 5.41) is 39.8. The fraction of sp³-hybridized carbons (Fsp3) is 0.478. The van der Waals surface area contributed by atoms with Gasteiger partial charge in [0.2, 0.25) is 5.62 Å². The van der Waals surface area contributed by atoms with E-state index in [4.69, 9.17) is 9.98 Å². The Bertz CT molecular complexity index is 1230. The largest absolute Gasteiger partial charge is 0.507 e. The number of hydrogen-bond acceptors (Lipinski definition) is 7. The summed E-state index contributed by atoms with van der Waals surface area (Å²) in [6.07, 6.45) is 0. The topological polar surface area (TPSA) is 149 Å². The lowest BCUT2D eigenvalue weighted by Crippen LogP contribution is -2.32. The van der Waals surface area contributed by atoms with Gasteiger partial charge in [0, 0.05) is 11.7 Å². The Balaban J connectivity index is 2.32. The van der Waals surface area contributed by atoms with Crippen LogP contribution in [0.3, 0.4) is 0 Å². The second-order valence-electron chi connectivity index (χ2n) is 9.00. The number of benzene rings is 1. The molecule has 33 heavy (non-hydrogen) atoms. The first kappa shape index (κ1) is 24.2. The van der Waals surface area contributed by atoms with E-state index >= 15 is 0 Å². The number of carbonyl (C=O) groups is 1. The number of nitrogens with zero attached hydrogens (tertiary/aromatic N) is 4. The van der Waals surface area contributed by atoms with Crippen molar-refractivity contribution in [1.82, 2.24) is 19.7 Å². The van der Waals surface area contributed by atoms with Crippen LogP contribution in [0.15, 0.2) is 23.2 Å². The SMILES string of the molecule is CC(C)c1[nH]nc2c(Nc3ccc(O)c(C(=O)O)c3)nc(=NC(CO)C(C)C)n(C(C)C)c12. The zero-order chi connectivity index (χ0) is 24.4. The Hall–Kier alpha value is -3.40. The molecule has 1 atom stereocenters. The van der Waals surface area contributed by atoms with E-state index < -0.39 is 5.97 Å². The van der Waals surface area contributed by atoms with Gasteiger partial charge < -0.3 is 25.2 Å². The third kappa shape index (κ3) is 4.85. The van der Waals surface area contributed by atoms with Crippen LogP contribution in [0, 0.1) is 5.92 Å². The molecule has 1 unspecified atom stereocenters. The lowest BCUT2D eigenvalue weighted by atomic mass is 10.1. The van der Waals surface area contributed by atoms with E-state index in [1.165, 1.54) is 12.1 Å². The number of aromatic amines is 1. The van der Waals surface area contributed by atoms with Crippen molar-refractivity contribution >= 4 is 28.5 Å². The van der Waals surface area contributed by atoms with Gasteiger partial charge in [-0.25, -0.2) is 9.79 Å². The third-order valence-electron chi connectivity index (χ3n) is 5.48. The minimum absolute atomic E-state index is 0.0155. The monoisotopic (exact) mass is 456 g/mol. The molecule has 0 fully saturated rings. The van der Waals surface area contributed by atoms with Crippen LogP contribution in [0.4, 0.5) is 11.5 Å². The summed E-state index contributed by atoms with van der Waals surface area (Å²) in [6.45, 7) is 12.1. The molecule has 0 aliphatic heterocycles. The number of fused-ring (bicyclic) bond motifs is 1. The normalized spacial score (nSPS) is 13.5. The summed E-state index contributed by atoms with van der Waals surface area (Å²) in [5.41, 5.74) is 2.99. The van der Waals surface area contributed by atoms with E-state index in [0.29, 0.717) is 22.6 Å². The molecule has 5 N–H and O–H groups in total. The average molecular weight is 457 g/mol. The van der Waals surface area contributed by atoms with Gasteiger partial charge in [-0.15, -0.1) is 0 Å². The average Bonchev–Trinajstić information content (AvgIpc) is 3.18. The van der Waals surface area contributed by atoms with Crippen LogP contribution in [0.2, 0.25) is 0 Å². The predicted molar refractivity (Wildman–Crippen MR) is 126 cm³/mol. The van der Waals surface area contributed by atoms with Gasteiger partial charge in [0.25, 0.3) is 0 Å². The van der Waals surface area contributed by atoms with Crippen molar-refractivity contribution in [1.29, 1.82) is 0 Å². The number of H-pyrrole nitrogens is 1. The molecule has 1 aromatic carbocycles. The second kappa shape index (κ2) is 9.62. The lowest BCUT2D eigenvalue weighted by Gasteiger charge is -2.19. The van der Waals surface area contributed by atoms with E-state index in [0.717, 1.165) is 11.2 Å². The Morgan fingerprint density at radius 3 is 2.45 bits per heavy atom. The molecule has 0 bridgehead atoms. The third-order valence-corrected chi connectivity index (χ3v) is 5.48. The molecule has 3 rings (SSSR count). The molecule has 0 amide bonds. The number of carboxylic acids is 1. The van der Waals surface area contributed by atoms with Crippen molar-refractivity contribution in [3.63, 3.8) is 0 Å². The number of carboxylic acid groups (broad SMARTS) is 1. The highest BCUT2D eigenvalue weighted by atomic mass is 16.4. The van der Waals surface area contributed by atoms with Crippen molar-refractivity contribution in [2.24, 2.45) is 10.9 Å². The quantitative estimate of drug-likeness (QED) is 0.326. The maximum atomic E-state index is 11.4. The van der Waals surface area contributed by atoms with Crippen LogP contribution < -0.4 is 10.9 Å². The number of nitrogens with one attached hydrogen (secondary N) is 2. The number of phenols is 1. The summed E-state index contributed by atoms with van der Waals surface area (Å²) in [5.74, 6) is -0.911. The summed E-state index contributed by atoms with van der Waals surface area (Å²) in [4.78, 5) is 21.0. The summed E-state index contributed by atoms with van der Waals surface area (Å²) in [6, 6.07) is 3.90. The van der Waals surface area contributed by atoms with Gasteiger partial charge in [-0.2, -0.15) is 10.1 Å². The van der Waals surface area contributed by atoms with Crippen LogP contribution in [0.25, 0.3) is 11.0 Å². The van der Waals surface area contributed by atoms with E-state index in [1.54, 1.807) is 6.07 Å². The smallest absolute Gasteiger partial charge is 0.339 e. The lowest BCUT2D eigenvalue weighted by molar-refractivity contribution is 0.0693. The highest BCUT2D eigenvalue weighted by Crippen LogP contribution is 2.30. The number of aromatic nitrogens is 4. The van der Waals surface area contributed by atoms with Crippen molar-refractivity contribution in [3.8, 4) is 5.75 Å². The van der Waals surface area contributed by atoms with Gasteiger partial charge in [-0.05, 0) is 43.9 Å². The van der Waals surface area contributed by atoms with Crippen molar-refractivity contribution in [2.75, 3.05) is 11.9 Å². The van der Waals surface area contributed by atoms with Crippen LogP contribution in [-0.2, 0) is 0 Å². The Morgan fingerprint density at radius 1 is 1.21 bits per heavy atom. The standard InChI is InChI=1S/C23H32N6O4/c1-11(2)16(10-30)25-23-26-21(24-14-7-8-17(31)15(9-14)22(32)33)19-20(29(23)13(5)6)18(12(3)4)27-28-19/h7-9,11-13,16,30-31H,10H2,1-6H3,(H,27,28)(H,32,33)(H,24,25,26). The summed E-state index contributed by atoms with van der Waals surface area (Å²) < 4.78 is 2.00. The maximum absolute atomic E-state index is 11.4. The number of anilines is 2. The Morgan fingerprint density at radius 2 is 1.91 bits per heavy atom. The van der Waals surface area contributed by atoms with Crippen LogP contribution >= 0.6 is 0 Å². The molecule has 2 aromatic heterocycles. The maximum Gasteiger partial charge on any atom is 0.339 e. The fourth-order valence-corrected chi connectivity index (χ4v) is 3.61. The molecule has 3 aromatic rings. The van der Waals surface area contributed by atoms with Gasteiger partial charge in [0.05, 0.1) is 23.9 Å². The Labute approximate surface area is 192 Å². The molecular weight excluding hydrogens is 424 g/mol. The molecule has 0 saturated heterocycles. The number of aliphatic hydroxyl groups is 1. The molecule has 0 spiro atoms. The minimum atomic E-state index is -1.24. The number of aromatic hydroxyl groups is 1. The van der Waals surface area contributed by atoms with E-state index in [2.05, 4.69) is 29.4 Å². The van der Waals surface area contributed by atoms with Crippen LogP contribution in [0.1, 0.15) is 69.6 Å². The molecule has 0 aliphatic carbocycles. The predicted octanol–water partition coefficient (Wildman–Crippen LogP) is 3.53. The zero-order valence-corrected chi connectivity index (χ0v) is 19.8. The summed E-state index contributed by atoms with van der Waals surface area (Å²) >= 11 is 0. The second-order valence-corrected chi connectivity index (χ2v) is 9.00. The first-order valence-electron chi connectivity index (χ1n) is 11.0. The molecule has 0 radical (unpaired) electrons. The van der Waals surface area contributed by atoms with Crippen LogP contribution in [-0.4, -0.2) is 53.7 Å². The molecule has 178 valence electrons. The van der Waals surface area contributed by atoms with Gasteiger partial charge in [0.1, 0.15) is 11.3 Å². The first-order valence-corrected chi connectivity index (χ1v) is 11.0. The molecule has 2 heterocycles. The molecule has 10 heteroatoms. The highest BCUT2D eigenvalue weighted by Gasteiger charge is 2.22. The van der Waals surface area contributed by atoms with E-state index in [9.17, 15) is 20.1 Å². The first-order chi connectivity index (χ1) is 15.5. The van der Waals surface area contributed by atoms with Crippen LogP contribution in [0.5, 0.6) is 5.75 Å². The van der Waals surface area contributed by atoms with Crippen molar-refractivity contribution in [2.45, 2.75) is 59.5 Å². The van der Waals surface area contributed by atoms with Gasteiger partial charge in [0.15, 0.2) is 11.3 Å². The minimum Gasteiger partial charge on any atom is -0.507 e. The van der Waals surface area contributed by atoms with Crippen molar-refractivity contribution in [3.05, 3.63) is 35.1 Å². The molecule has 0 aliphatic rings. The van der Waals surface area contributed by atoms with Gasteiger partial charge in [-0.3, -0.25) is 5.10 Å². The molecule has 10 nitrogen and oxygen atoms in total. The number of rotatable bonds is 8. The number of aliphatic hydroxyl groups excluding tert-OH is 1. The van der Waals surface area contributed by atoms with E-state index in [1.807, 2.05) is 32.3 Å². The zero-order valence-electron chi connectivity index (χ0n) is 19.8. The molecular formula is C23H32N6O4. The van der Waals surface area contributed by atoms with Gasteiger partial charge >= 0.3 is 5.97 Å². The fourth-order valence-electron chi connectivity index (χ4n) is 3.61. The highest BCUT2D eigenvalue weighted by molar-refractivity contribution is 5.93. The van der Waals surface area contributed by atoms with Crippen molar-refractivity contribution < 1.29 is 20.1 Å². The van der Waals surface area contributed by atoms with Gasteiger partial charge in [-0.1, -0.05) is 27.7 Å². The van der Waals surface area contributed by atoms with E-state index in [-0.39, 0.29) is 41.8 Å². The molecule has 0 saturated carbocycles. The number of aromatic carboxylic acids is 1.